The molecule has 108 valence electrons. The molecule has 1 aromatic heterocycles. The van der Waals surface area contributed by atoms with Crippen LogP contribution in [0.25, 0.3) is 16.7 Å². The van der Waals surface area contributed by atoms with Crippen LogP contribution in [0.1, 0.15) is 11.4 Å². The number of hydrogen-bond donors (Lipinski definition) is 0. The molecule has 0 saturated heterocycles. The molecule has 5 heteroatoms. The molecule has 0 saturated carbocycles. The number of benzene rings is 2. The molecule has 0 radical (unpaired) electrons. The molecule has 0 aliphatic rings. The van der Waals surface area contributed by atoms with Crippen LogP contribution in [0, 0.1) is 10.5 Å². The lowest BCUT2D eigenvalue weighted by Gasteiger charge is -2.11. The molecule has 0 aliphatic carbocycles. The van der Waals surface area contributed by atoms with E-state index < -0.39 is 0 Å². The summed E-state index contributed by atoms with van der Waals surface area (Å²) in [6, 6.07) is 12.3. The summed E-state index contributed by atoms with van der Waals surface area (Å²) in [5, 5.41) is 0.726. The predicted molar refractivity (Wildman–Crippen MR) is 98.0 cm³/mol. The van der Waals surface area contributed by atoms with Crippen molar-refractivity contribution in [3.05, 3.63) is 56.4 Å². The second-order valence-corrected chi connectivity index (χ2v) is 6.92. The van der Waals surface area contributed by atoms with Crippen LogP contribution in [0.15, 0.2) is 36.4 Å². The van der Waals surface area contributed by atoms with E-state index in [4.69, 9.17) is 28.2 Å². The zero-order valence-corrected chi connectivity index (χ0v) is 15.1. The van der Waals surface area contributed by atoms with Gasteiger partial charge in [0, 0.05) is 15.9 Å². The highest BCUT2D eigenvalue weighted by Gasteiger charge is 2.14. The van der Waals surface area contributed by atoms with Crippen LogP contribution < -0.4 is 0 Å². The Morgan fingerprint density at radius 2 is 2.00 bits per heavy atom. The van der Waals surface area contributed by atoms with Gasteiger partial charge in [0.2, 0.25) is 0 Å². The Morgan fingerprint density at radius 3 is 2.71 bits per heavy atom. The van der Waals surface area contributed by atoms with Crippen molar-refractivity contribution in [3.8, 4) is 5.69 Å². The van der Waals surface area contributed by atoms with E-state index in [1.807, 2.05) is 19.1 Å². The molecule has 2 nitrogen and oxygen atoms in total. The smallest absolute Gasteiger partial charge is 0.115 e. The zero-order chi connectivity index (χ0) is 15.0. The van der Waals surface area contributed by atoms with Gasteiger partial charge in [-0.25, -0.2) is 4.98 Å². The third-order valence-corrected chi connectivity index (χ3v) is 4.51. The van der Waals surface area contributed by atoms with Crippen LogP contribution in [-0.4, -0.2) is 15.4 Å². The molecule has 1 heterocycles. The summed E-state index contributed by atoms with van der Waals surface area (Å²) >= 11 is 14.7. The lowest BCUT2D eigenvalue weighted by molar-refractivity contribution is 0.912. The van der Waals surface area contributed by atoms with Gasteiger partial charge < -0.3 is 0 Å². The van der Waals surface area contributed by atoms with Crippen molar-refractivity contribution in [1.29, 1.82) is 0 Å². The second kappa shape index (κ2) is 6.15. The fraction of sp³-hybridized carbons (Fsp3) is 0.188. The normalized spacial score (nSPS) is 11.2. The Bertz CT molecular complexity index is 811. The first-order chi connectivity index (χ1) is 10.1. The highest BCUT2D eigenvalue weighted by molar-refractivity contribution is 14.1. The van der Waals surface area contributed by atoms with E-state index in [1.165, 1.54) is 0 Å². The van der Waals surface area contributed by atoms with E-state index >= 15 is 0 Å². The van der Waals surface area contributed by atoms with Crippen LogP contribution in [-0.2, 0) is 6.42 Å². The van der Waals surface area contributed by atoms with Crippen molar-refractivity contribution >= 4 is 56.8 Å². The minimum atomic E-state index is 0.532. The van der Waals surface area contributed by atoms with E-state index in [0.717, 1.165) is 36.7 Å². The highest BCUT2D eigenvalue weighted by atomic mass is 127. The molecule has 3 aromatic rings. The molecule has 0 aliphatic heterocycles. The molecule has 3 rings (SSSR count). The summed E-state index contributed by atoms with van der Waals surface area (Å²) in [7, 11) is 0. The van der Waals surface area contributed by atoms with Crippen molar-refractivity contribution < 1.29 is 0 Å². The van der Waals surface area contributed by atoms with E-state index in [0.29, 0.717) is 12.3 Å². The Hall–Kier alpha value is -0.780. The number of halogens is 3. The van der Waals surface area contributed by atoms with Gasteiger partial charge in [0.05, 0.1) is 21.7 Å². The molecule has 0 spiro atoms. The molecule has 0 unspecified atom stereocenters. The summed E-state index contributed by atoms with van der Waals surface area (Å²) in [5.74, 6) is 1.47. The number of hydrogen-bond acceptors (Lipinski definition) is 1. The molecular formula is C16H13Cl2IN2. The monoisotopic (exact) mass is 430 g/mol. The van der Waals surface area contributed by atoms with Gasteiger partial charge in [0.1, 0.15) is 5.82 Å². The number of aryl methyl sites for hydroxylation is 2. The first-order valence-electron chi connectivity index (χ1n) is 6.59. The number of alkyl halides is 1. The number of aromatic nitrogens is 2. The van der Waals surface area contributed by atoms with Crippen molar-refractivity contribution in [2.45, 2.75) is 13.3 Å². The van der Waals surface area contributed by atoms with Crippen LogP contribution in [0.3, 0.4) is 0 Å². The SMILES string of the molecule is Cc1ccc(-n2c(CCCl)nc3cc(I)ccc32)c(Cl)c1. The molecule has 0 fully saturated rings. The zero-order valence-electron chi connectivity index (χ0n) is 11.4. The largest absolute Gasteiger partial charge is 0.295 e. The average molecular weight is 431 g/mol. The summed E-state index contributed by atoms with van der Waals surface area (Å²) in [5.41, 5.74) is 4.12. The van der Waals surface area contributed by atoms with Gasteiger partial charge >= 0.3 is 0 Å². The molecule has 0 bridgehead atoms. The number of fused-ring (bicyclic) bond motifs is 1. The van der Waals surface area contributed by atoms with Gasteiger partial charge in [-0.15, -0.1) is 11.6 Å². The number of nitrogens with zero attached hydrogens (tertiary/aromatic N) is 2. The first kappa shape index (κ1) is 15.1. The second-order valence-electron chi connectivity index (χ2n) is 4.89. The van der Waals surface area contributed by atoms with Crippen LogP contribution >= 0.6 is 45.8 Å². The Labute approximate surface area is 147 Å². The fourth-order valence-electron chi connectivity index (χ4n) is 2.42. The molecule has 0 N–H and O–H groups in total. The van der Waals surface area contributed by atoms with Crippen LogP contribution in [0.5, 0.6) is 0 Å². The Kier molecular flexibility index (Phi) is 4.43. The van der Waals surface area contributed by atoms with Gasteiger partial charge in [-0.05, 0) is 65.4 Å². The maximum absolute atomic E-state index is 6.44. The standard InChI is InChI=1S/C16H13Cl2IN2/c1-10-2-4-14(12(18)8-10)21-15-5-3-11(19)9-13(15)20-16(21)6-7-17/h2-5,8-9H,6-7H2,1H3. The molecule has 21 heavy (non-hydrogen) atoms. The fourth-order valence-corrected chi connectivity index (χ4v) is 3.38. The molecule has 0 atom stereocenters. The summed E-state index contributed by atoms with van der Waals surface area (Å²) < 4.78 is 3.27. The van der Waals surface area contributed by atoms with Gasteiger partial charge in [0.15, 0.2) is 0 Å². The molecule has 2 aromatic carbocycles. The van der Waals surface area contributed by atoms with Gasteiger partial charge in [-0.1, -0.05) is 17.7 Å². The number of imidazole rings is 1. The molecular weight excluding hydrogens is 418 g/mol. The van der Waals surface area contributed by atoms with E-state index in [-0.39, 0.29) is 0 Å². The third kappa shape index (κ3) is 2.91. The Morgan fingerprint density at radius 1 is 1.19 bits per heavy atom. The molecule has 0 amide bonds. The quantitative estimate of drug-likeness (QED) is 0.403. The maximum atomic E-state index is 6.44. The Balaban J connectivity index is 2.30. The first-order valence-corrected chi connectivity index (χ1v) is 8.58. The van der Waals surface area contributed by atoms with Crippen molar-refractivity contribution in [2.24, 2.45) is 0 Å². The van der Waals surface area contributed by atoms with Crippen LogP contribution in [0.2, 0.25) is 5.02 Å². The van der Waals surface area contributed by atoms with Crippen molar-refractivity contribution in [3.63, 3.8) is 0 Å². The number of rotatable bonds is 3. The van der Waals surface area contributed by atoms with Gasteiger partial charge in [-0.3, -0.25) is 4.57 Å². The lowest BCUT2D eigenvalue weighted by atomic mass is 10.2. The van der Waals surface area contributed by atoms with E-state index in [9.17, 15) is 0 Å². The predicted octanol–water partition coefficient (Wildman–Crippen LogP) is 5.37. The third-order valence-electron chi connectivity index (χ3n) is 3.35. The summed E-state index contributed by atoms with van der Waals surface area (Å²) in [4.78, 5) is 4.72. The highest BCUT2D eigenvalue weighted by Crippen LogP contribution is 2.28. The average Bonchev–Trinajstić information content (AvgIpc) is 2.76. The summed E-state index contributed by atoms with van der Waals surface area (Å²) in [6.45, 7) is 2.03. The summed E-state index contributed by atoms with van der Waals surface area (Å²) in [6.07, 6.45) is 0.705. The van der Waals surface area contributed by atoms with Crippen molar-refractivity contribution in [2.75, 3.05) is 5.88 Å². The van der Waals surface area contributed by atoms with Crippen molar-refractivity contribution in [1.82, 2.24) is 9.55 Å². The lowest BCUT2D eigenvalue weighted by Crippen LogP contribution is -2.03. The van der Waals surface area contributed by atoms with Gasteiger partial charge in [-0.2, -0.15) is 0 Å². The maximum Gasteiger partial charge on any atom is 0.115 e. The van der Waals surface area contributed by atoms with Gasteiger partial charge in [0.25, 0.3) is 0 Å². The minimum absolute atomic E-state index is 0.532. The van der Waals surface area contributed by atoms with E-state index in [1.54, 1.807) is 0 Å². The minimum Gasteiger partial charge on any atom is -0.295 e. The topological polar surface area (TPSA) is 17.8 Å². The van der Waals surface area contributed by atoms with Crippen LogP contribution in [0.4, 0.5) is 0 Å². The van der Waals surface area contributed by atoms with E-state index in [2.05, 4.69) is 51.4 Å².